The summed E-state index contributed by atoms with van der Waals surface area (Å²) in [6.45, 7) is 7.83. The average Bonchev–Trinajstić information content (AvgIpc) is 3.16. The van der Waals surface area contributed by atoms with Gasteiger partial charge in [0.2, 0.25) is 0 Å². The lowest BCUT2D eigenvalue weighted by Crippen LogP contribution is -2.24. The Kier molecular flexibility index (Phi) is 6.93. The van der Waals surface area contributed by atoms with Gasteiger partial charge in [-0.15, -0.1) is 0 Å². The van der Waals surface area contributed by atoms with E-state index in [0.717, 1.165) is 16.7 Å². The Morgan fingerprint density at radius 1 is 0.938 bits per heavy atom. The van der Waals surface area contributed by atoms with Crippen molar-refractivity contribution in [2.24, 2.45) is 0 Å². The zero-order valence-corrected chi connectivity index (χ0v) is 18.8. The third-order valence-corrected chi connectivity index (χ3v) is 4.77. The lowest BCUT2D eigenvalue weighted by Gasteiger charge is -2.20. The Hall–Kier alpha value is -3.67. The lowest BCUT2D eigenvalue weighted by molar-refractivity contribution is 0.00701. The first-order valence-corrected chi connectivity index (χ1v) is 10.5. The van der Waals surface area contributed by atoms with Gasteiger partial charge >= 0.3 is 11.9 Å². The third kappa shape index (κ3) is 5.32. The summed E-state index contributed by atoms with van der Waals surface area (Å²) in [4.78, 5) is 36.3. The van der Waals surface area contributed by atoms with E-state index < -0.39 is 11.6 Å². The summed E-state index contributed by atoms with van der Waals surface area (Å²) in [5, 5.41) is 0. The minimum atomic E-state index is -0.586. The number of esters is 2. The van der Waals surface area contributed by atoms with E-state index in [4.69, 9.17) is 9.47 Å². The highest BCUT2D eigenvalue weighted by atomic mass is 16.6. The van der Waals surface area contributed by atoms with Crippen LogP contribution in [0.2, 0.25) is 0 Å². The van der Waals surface area contributed by atoms with Gasteiger partial charge in [0, 0.05) is 6.54 Å². The van der Waals surface area contributed by atoms with Crippen LogP contribution in [0, 0.1) is 0 Å². The average molecular weight is 434 g/mol. The highest BCUT2D eigenvalue weighted by molar-refractivity contribution is 5.97. The highest BCUT2D eigenvalue weighted by Gasteiger charge is 2.21. The smallest absolute Gasteiger partial charge is 0.354 e. The van der Waals surface area contributed by atoms with Crippen LogP contribution >= 0.6 is 0 Å². The number of carbonyl (C=O) groups excluding carboxylic acids is 3. The minimum absolute atomic E-state index is 0.256. The summed E-state index contributed by atoms with van der Waals surface area (Å²) in [7, 11) is 0. The van der Waals surface area contributed by atoms with Crippen LogP contribution in [-0.2, 0) is 16.0 Å². The maximum absolute atomic E-state index is 12.7. The molecule has 0 unspecified atom stereocenters. The number of hydrogen-bond donors (Lipinski definition) is 0. The second kappa shape index (κ2) is 9.64. The van der Waals surface area contributed by atoms with Crippen LogP contribution in [0.4, 0.5) is 0 Å². The molecule has 6 nitrogen and oxygen atoms in total. The Balaban J connectivity index is 1.88. The monoisotopic (exact) mass is 433 g/mol. The first kappa shape index (κ1) is 23.0. The standard InChI is InChI=1S/C26H27NO5/c1-5-31-25(30)23-15-14-20(17-28)27(23)16-18-10-12-19(13-11-18)21-8-6-7-9-22(21)24(29)32-26(2,3)4/h6-15,17H,5,16H2,1-4H3. The molecular formula is C26H27NO5. The molecule has 1 aromatic heterocycles. The van der Waals surface area contributed by atoms with Crippen molar-refractivity contribution in [3.8, 4) is 11.1 Å². The fourth-order valence-corrected chi connectivity index (χ4v) is 3.36. The summed E-state index contributed by atoms with van der Waals surface area (Å²) in [6, 6.07) is 18.1. The van der Waals surface area contributed by atoms with Gasteiger partial charge in [0.15, 0.2) is 6.29 Å². The SMILES string of the molecule is CCOC(=O)c1ccc(C=O)n1Cc1ccc(-c2ccccc2C(=O)OC(C)(C)C)cc1. The molecule has 2 aromatic carbocycles. The van der Waals surface area contributed by atoms with Gasteiger partial charge in [-0.25, -0.2) is 9.59 Å². The van der Waals surface area contributed by atoms with Gasteiger partial charge < -0.3 is 14.0 Å². The Morgan fingerprint density at radius 2 is 1.62 bits per heavy atom. The van der Waals surface area contributed by atoms with Gasteiger partial charge in [-0.1, -0.05) is 42.5 Å². The zero-order valence-electron chi connectivity index (χ0n) is 18.8. The Bertz CT molecular complexity index is 1120. The van der Waals surface area contributed by atoms with Crippen molar-refractivity contribution in [2.45, 2.75) is 39.8 Å². The van der Waals surface area contributed by atoms with Crippen LogP contribution < -0.4 is 0 Å². The van der Waals surface area contributed by atoms with Crippen molar-refractivity contribution >= 4 is 18.2 Å². The first-order chi connectivity index (χ1) is 15.2. The second-order valence-electron chi connectivity index (χ2n) is 8.31. The molecule has 0 bridgehead atoms. The molecule has 0 aliphatic heterocycles. The molecule has 0 N–H and O–H groups in total. The molecule has 1 heterocycles. The fraction of sp³-hybridized carbons (Fsp3) is 0.269. The third-order valence-electron chi connectivity index (χ3n) is 4.77. The predicted octanol–water partition coefficient (Wildman–Crippen LogP) is 5.15. The topological polar surface area (TPSA) is 74.6 Å². The van der Waals surface area contributed by atoms with Crippen LogP contribution in [0.25, 0.3) is 11.1 Å². The van der Waals surface area contributed by atoms with E-state index in [9.17, 15) is 14.4 Å². The van der Waals surface area contributed by atoms with Gasteiger partial charge in [-0.3, -0.25) is 4.79 Å². The number of aldehydes is 1. The van der Waals surface area contributed by atoms with Gasteiger partial charge in [0.1, 0.15) is 11.3 Å². The number of nitrogens with zero attached hydrogens (tertiary/aromatic N) is 1. The van der Waals surface area contributed by atoms with E-state index in [1.165, 1.54) is 0 Å². The highest BCUT2D eigenvalue weighted by Crippen LogP contribution is 2.26. The number of rotatable bonds is 7. The Morgan fingerprint density at radius 3 is 2.25 bits per heavy atom. The quantitative estimate of drug-likeness (QED) is 0.381. The first-order valence-electron chi connectivity index (χ1n) is 10.5. The van der Waals surface area contributed by atoms with Crippen LogP contribution in [0.15, 0.2) is 60.7 Å². The van der Waals surface area contributed by atoms with E-state index in [2.05, 4.69) is 0 Å². The molecule has 0 aliphatic carbocycles. The minimum Gasteiger partial charge on any atom is -0.461 e. The van der Waals surface area contributed by atoms with Crippen LogP contribution in [0.3, 0.4) is 0 Å². The maximum atomic E-state index is 12.7. The number of carbonyl (C=O) groups is 3. The number of ether oxygens (including phenoxy) is 2. The molecule has 166 valence electrons. The molecule has 32 heavy (non-hydrogen) atoms. The number of benzene rings is 2. The molecule has 0 saturated carbocycles. The number of hydrogen-bond acceptors (Lipinski definition) is 5. The molecule has 0 atom stereocenters. The van der Waals surface area contributed by atoms with Crippen molar-refractivity contribution in [2.75, 3.05) is 6.61 Å². The van der Waals surface area contributed by atoms with Crippen molar-refractivity contribution in [1.29, 1.82) is 0 Å². The molecule has 3 rings (SSSR count). The van der Waals surface area contributed by atoms with E-state index in [-0.39, 0.29) is 12.6 Å². The molecule has 0 spiro atoms. The van der Waals surface area contributed by atoms with Crippen LogP contribution in [-0.4, -0.2) is 35.0 Å². The van der Waals surface area contributed by atoms with Gasteiger partial charge in [0.05, 0.1) is 17.9 Å². The van der Waals surface area contributed by atoms with Crippen LogP contribution in [0.1, 0.15) is 64.6 Å². The molecule has 0 radical (unpaired) electrons. The predicted molar refractivity (Wildman–Crippen MR) is 122 cm³/mol. The van der Waals surface area contributed by atoms with E-state index in [0.29, 0.717) is 29.8 Å². The van der Waals surface area contributed by atoms with E-state index in [1.807, 2.05) is 57.2 Å². The molecular weight excluding hydrogens is 406 g/mol. The zero-order chi connectivity index (χ0) is 23.3. The summed E-state index contributed by atoms with van der Waals surface area (Å²) >= 11 is 0. The summed E-state index contributed by atoms with van der Waals surface area (Å²) in [5.74, 6) is -0.845. The largest absolute Gasteiger partial charge is 0.461 e. The molecule has 0 saturated heterocycles. The molecule has 6 heteroatoms. The van der Waals surface area contributed by atoms with Crippen molar-refractivity contribution < 1.29 is 23.9 Å². The molecule has 3 aromatic rings. The van der Waals surface area contributed by atoms with E-state index in [1.54, 1.807) is 35.8 Å². The summed E-state index contributed by atoms with van der Waals surface area (Å²) < 4.78 is 12.3. The van der Waals surface area contributed by atoms with Crippen LogP contribution in [0.5, 0.6) is 0 Å². The fourth-order valence-electron chi connectivity index (χ4n) is 3.36. The van der Waals surface area contributed by atoms with E-state index >= 15 is 0 Å². The molecule has 0 aliphatic rings. The normalized spacial score (nSPS) is 11.1. The van der Waals surface area contributed by atoms with Crippen molar-refractivity contribution in [1.82, 2.24) is 4.57 Å². The van der Waals surface area contributed by atoms with Crippen molar-refractivity contribution in [3.63, 3.8) is 0 Å². The summed E-state index contributed by atoms with van der Waals surface area (Å²) in [6.07, 6.45) is 0.716. The molecule has 0 fully saturated rings. The molecule has 0 amide bonds. The lowest BCUT2D eigenvalue weighted by atomic mass is 9.98. The van der Waals surface area contributed by atoms with Gasteiger partial charge in [-0.2, -0.15) is 0 Å². The van der Waals surface area contributed by atoms with Gasteiger partial charge in [0.25, 0.3) is 0 Å². The Labute approximate surface area is 187 Å². The maximum Gasteiger partial charge on any atom is 0.354 e. The van der Waals surface area contributed by atoms with Crippen molar-refractivity contribution in [3.05, 3.63) is 83.2 Å². The van der Waals surface area contributed by atoms with Gasteiger partial charge in [-0.05, 0) is 62.6 Å². The second-order valence-corrected chi connectivity index (χ2v) is 8.31. The summed E-state index contributed by atoms with van der Waals surface area (Å²) in [5.41, 5.74) is 3.17. The number of aromatic nitrogens is 1.